The largest absolute Gasteiger partial charge is 0.493 e. The number of carbonyl (C=O) groups is 1. The molecular formula is C22H23N3O4. The van der Waals surface area contributed by atoms with E-state index in [1.165, 1.54) is 0 Å². The highest BCUT2D eigenvalue weighted by Gasteiger charge is 2.33. The Morgan fingerprint density at radius 2 is 1.72 bits per heavy atom. The van der Waals surface area contributed by atoms with Crippen molar-refractivity contribution in [2.24, 2.45) is 0 Å². The van der Waals surface area contributed by atoms with E-state index in [0.717, 1.165) is 22.3 Å². The van der Waals surface area contributed by atoms with Gasteiger partial charge in [0.25, 0.3) is 0 Å². The number of methoxy groups -OCH3 is 3. The lowest BCUT2D eigenvalue weighted by atomic mass is 9.92. The first kappa shape index (κ1) is 18.9. The van der Waals surface area contributed by atoms with Crippen molar-refractivity contribution in [2.45, 2.75) is 19.9 Å². The number of carbonyl (C=O) groups excluding carboxylic acids is 1. The van der Waals surface area contributed by atoms with Crippen LogP contribution in [-0.4, -0.2) is 36.7 Å². The van der Waals surface area contributed by atoms with Crippen molar-refractivity contribution in [1.29, 1.82) is 0 Å². The Balaban J connectivity index is 2.04. The number of nitrogens with one attached hydrogen (secondary N) is 1. The molecule has 29 heavy (non-hydrogen) atoms. The van der Waals surface area contributed by atoms with Crippen molar-refractivity contribution < 1.29 is 19.0 Å². The molecule has 3 aromatic rings. The molecule has 0 saturated carbocycles. The summed E-state index contributed by atoms with van der Waals surface area (Å²) in [6, 6.07) is 11.2. The van der Waals surface area contributed by atoms with Crippen LogP contribution in [0.4, 0.5) is 5.95 Å². The summed E-state index contributed by atoms with van der Waals surface area (Å²) in [7, 11) is 4.72. The third-order valence-electron chi connectivity index (χ3n) is 5.21. The number of nitrogens with zero attached hydrogens (tertiary/aromatic N) is 2. The van der Waals surface area contributed by atoms with Gasteiger partial charge < -0.3 is 19.5 Å². The van der Waals surface area contributed by atoms with E-state index in [4.69, 9.17) is 19.2 Å². The first-order chi connectivity index (χ1) is 14.0. The minimum absolute atomic E-state index is 0.0165. The summed E-state index contributed by atoms with van der Waals surface area (Å²) < 4.78 is 18.6. The first-order valence-corrected chi connectivity index (χ1v) is 9.25. The number of rotatable bonds is 5. The van der Waals surface area contributed by atoms with Crippen LogP contribution in [0.3, 0.4) is 0 Å². The van der Waals surface area contributed by atoms with Gasteiger partial charge in [0.15, 0.2) is 17.3 Å². The Labute approximate surface area is 168 Å². The van der Waals surface area contributed by atoms with Crippen molar-refractivity contribution in [3.63, 3.8) is 0 Å². The second-order valence-corrected chi connectivity index (χ2v) is 6.88. The second-order valence-electron chi connectivity index (χ2n) is 6.88. The fraction of sp³-hybridized carbons (Fsp3) is 0.273. The molecule has 0 bridgehead atoms. The van der Waals surface area contributed by atoms with Crippen LogP contribution in [0.5, 0.6) is 17.2 Å². The third kappa shape index (κ3) is 2.90. The highest BCUT2D eigenvalue weighted by molar-refractivity contribution is 5.97. The predicted octanol–water partition coefficient (Wildman–Crippen LogP) is 3.94. The molecular weight excluding hydrogens is 370 g/mol. The van der Waals surface area contributed by atoms with E-state index >= 15 is 0 Å². The predicted molar refractivity (Wildman–Crippen MR) is 111 cm³/mol. The molecule has 1 aliphatic rings. The molecule has 0 fully saturated rings. The minimum atomic E-state index is -0.384. The summed E-state index contributed by atoms with van der Waals surface area (Å²) in [6.07, 6.45) is 0. The number of fused-ring (bicyclic) bond motifs is 3. The summed E-state index contributed by atoms with van der Waals surface area (Å²) in [4.78, 5) is 17.4. The van der Waals surface area contributed by atoms with Gasteiger partial charge in [-0.05, 0) is 43.7 Å². The smallest absolute Gasteiger partial charge is 0.209 e. The normalized spacial score (nSPS) is 15.7. The van der Waals surface area contributed by atoms with Crippen molar-refractivity contribution in [3.8, 4) is 17.2 Å². The van der Waals surface area contributed by atoms with Crippen LogP contribution in [0, 0.1) is 0 Å². The number of imidazole rings is 1. The van der Waals surface area contributed by atoms with Crippen LogP contribution in [0.1, 0.15) is 25.5 Å². The van der Waals surface area contributed by atoms with Crippen LogP contribution >= 0.6 is 0 Å². The molecule has 7 nitrogen and oxygen atoms in total. The van der Waals surface area contributed by atoms with E-state index in [1.807, 2.05) is 47.9 Å². The monoisotopic (exact) mass is 393 g/mol. The van der Waals surface area contributed by atoms with E-state index < -0.39 is 0 Å². The number of Topliss-reactive ketones (excluding diaryl/α,β-unsaturated/α-hetero) is 1. The number of hydrogen-bond acceptors (Lipinski definition) is 6. The van der Waals surface area contributed by atoms with E-state index in [-0.39, 0.29) is 11.8 Å². The molecule has 0 radical (unpaired) electrons. The maximum atomic E-state index is 12.7. The molecule has 2 aromatic carbocycles. The fourth-order valence-electron chi connectivity index (χ4n) is 3.99. The summed E-state index contributed by atoms with van der Waals surface area (Å²) in [5.41, 5.74) is 4.06. The van der Waals surface area contributed by atoms with Gasteiger partial charge in [0.1, 0.15) is 0 Å². The lowest BCUT2D eigenvalue weighted by Gasteiger charge is -2.30. The quantitative estimate of drug-likeness (QED) is 0.708. The molecule has 1 N–H and O–H groups in total. The SMILES string of the molecule is COc1cc(C2C(C(C)=O)=C(C)Nc3nc4ccccc4n32)cc(OC)c1OC. The second kappa shape index (κ2) is 7.16. The Bertz CT molecular complexity index is 1120. The summed E-state index contributed by atoms with van der Waals surface area (Å²) in [5, 5.41) is 3.28. The highest BCUT2D eigenvalue weighted by Crippen LogP contribution is 2.45. The van der Waals surface area contributed by atoms with Crippen LogP contribution < -0.4 is 19.5 Å². The van der Waals surface area contributed by atoms with Crippen LogP contribution in [0.2, 0.25) is 0 Å². The van der Waals surface area contributed by atoms with Crippen LogP contribution in [0.15, 0.2) is 47.7 Å². The molecule has 0 aliphatic carbocycles. The van der Waals surface area contributed by atoms with Gasteiger partial charge in [-0.15, -0.1) is 0 Å². The fourth-order valence-corrected chi connectivity index (χ4v) is 3.99. The van der Waals surface area contributed by atoms with Gasteiger partial charge in [-0.2, -0.15) is 0 Å². The average molecular weight is 393 g/mol. The molecule has 0 spiro atoms. The zero-order chi connectivity index (χ0) is 20.7. The molecule has 1 atom stereocenters. The van der Waals surface area contributed by atoms with E-state index in [2.05, 4.69) is 5.32 Å². The van der Waals surface area contributed by atoms with Gasteiger partial charge in [-0.1, -0.05) is 12.1 Å². The molecule has 7 heteroatoms. The number of hydrogen-bond donors (Lipinski definition) is 1. The van der Waals surface area contributed by atoms with Gasteiger partial charge >= 0.3 is 0 Å². The first-order valence-electron chi connectivity index (χ1n) is 9.25. The molecule has 4 rings (SSSR count). The number of para-hydroxylation sites is 2. The number of benzene rings is 2. The topological polar surface area (TPSA) is 74.6 Å². The van der Waals surface area contributed by atoms with Gasteiger partial charge in [0.05, 0.1) is 38.4 Å². The molecule has 1 unspecified atom stereocenters. The maximum Gasteiger partial charge on any atom is 0.209 e. The molecule has 2 heterocycles. The Kier molecular flexibility index (Phi) is 4.66. The summed E-state index contributed by atoms with van der Waals surface area (Å²) in [5.74, 6) is 2.25. The Morgan fingerprint density at radius 1 is 1.07 bits per heavy atom. The minimum Gasteiger partial charge on any atom is -0.493 e. The van der Waals surface area contributed by atoms with Crippen molar-refractivity contribution in [1.82, 2.24) is 9.55 Å². The lowest BCUT2D eigenvalue weighted by molar-refractivity contribution is -0.114. The number of aromatic nitrogens is 2. The maximum absolute atomic E-state index is 12.7. The molecule has 0 saturated heterocycles. The zero-order valence-corrected chi connectivity index (χ0v) is 17.1. The van der Waals surface area contributed by atoms with Crippen molar-refractivity contribution in [2.75, 3.05) is 26.6 Å². The van der Waals surface area contributed by atoms with Crippen molar-refractivity contribution >= 4 is 22.8 Å². The van der Waals surface area contributed by atoms with Crippen molar-refractivity contribution in [3.05, 3.63) is 53.2 Å². The van der Waals surface area contributed by atoms with Gasteiger partial charge in [0.2, 0.25) is 11.7 Å². The molecule has 1 aromatic heterocycles. The molecule has 0 amide bonds. The Hall–Kier alpha value is -3.48. The summed E-state index contributed by atoms with van der Waals surface area (Å²) in [6.45, 7) is 3.47. The number of allylic oxidation sites excluding steroid dienone is 2. The van der Waals surface area contributed by atoms with Gasteiger partial charge in [0, 0.05) is 11.3 Å². The molecule has 1 aliphatic heterocycles. The average Bonchev–Trinajstić information content (AvgIpc) is 3.09. The number of ether oxygens (including phenoxy) is 3. The van der Waals surface area contributed by atoms with Crippen LogP contribution in [0.25, 0.3) is 11.0 Å². The third-order valence-corrected chi connectivity index (χ3v) is 5.21. The van der Waals surface area contributed by atoms with E-state index in [0.29, 0.717) is 28.8 Å². The summed E-state index contributed by atoms with van der Waals surface area (Å²) >= 11 is 0. The molecule has 150 valence electrons. The van der Waals surface area contributed by atoms with E-state index in [9.17, 15) is 4.79 Å². The Morgan fingerprint density at radius 3 is 2.31 bits per heavy atom. The van der Waals surface area contributed by atoms with Gasteiger partial charge in [-0.25, -0.2) is 4.98 Å². The standard InChI is InChI=1S/C22H23N3O4/c1-12-19(13(2)26)20(14-10-17(27-3)21(29-5)18(11-14)28-4)25-16-9-7-6-8-15(16)24-22(25)23-12/h6-11,20H,1-5H3,(H,23,24). The number of ketones is 1. The van der Waals surface area contributed by atoms with E-state index in [1.54, 1.807) is 28.3 Å². The van der Waals surface area contributed by atoms with Crippen LogP contribution in [-0.2, 0) is 4.79 Å². The van der Waals surface area contributed by atoms with Gasteiger partial charge in [-0.3, -0.25) is 9.36 Å². The lowest BCUT2D eigenvalue weighted by Crippen LogP contribution is -2.27. The number of anilines is 1. The zero-order valence-electron chi connectivity index (χ0n) is 17.1. The highest BCUT2D eigenvalue weighted by atomic mass is 16.5.